The molecular weight excluding hydrogens is 414 g/mol. The third-order valence-corrected chi connectivity index (χ3v) is 5.05. The zero-order valence-electron chi connectivity index (χ0n) is 13.6. The topological polar surface area (TPSA) is 72.8 Å². The van der Waals surface area contributed by atoms with Crippen molar-refractivity contribution in [2.45, 2.75) is 11.4 Å². The van der Waals surface area contributed by atoms with Gasteiger partial charge in [0.05, 0.1) is 0 Å². The zero-order chi connectivity index (χ0) is 17.9. The average molecular weight is 428 g/mol. The molecule has 0 saturated heterocycles. The number of aromatic nitrogens is 4. The van der Waals surface area contributed by atoms with E-state index in [1.165, 1.54) is 11.8 Å². The Kier molecular flexibility index (Phi) is 4.85. The Morgan fingerprint density at radius 2 is 2.08 bits per heavy atom. The molecule has 0 radical (unpaired) electrons. The van der Waals surface area contributed by atoms with Crippen molar-refractivity contribution >= 4 is 33.4 Å². The Morgan fingerprint density at radius 1 is 1.23 bits per heavy atom. The van der Waals surface area contributed by atoms with Crippen LogP contribution >= 0.6 is 27.7 Å². The second-order valence-electron chi connectivity index (χ2n) is 5.46. The van der Waals surface area contributed by atoms with Gasteiger partial charge in [-0.05, 0) is 30.3 Å². The minimum atomic E-state index is -0.409. The summed E-state index contributed by atoms with van der Waals surface area (Å²) in [6.07, 6.45) is 4.86. The first kappa shape index (κ1) is 17.0. The predicted octanol–water partition coefficient (Wildman–Crippen LogP) is 4.48. The van der Waals surface area contributed by atoms with Gasteiger partial charge in [-0.3, -0.25) is 4.98 Å². The number of fused-ring (bicyclic) bond motifs is 3. The molecule has 1 N–H and O–H groups in total. The SMILES string of the molecule is C=CCSc1nnc2c(n1)O[C@@H](c1ccncc1)Nc1ccc(Br)cc1-2. The molecule has 8 heteroatoms. The molecule has 4 rings (SSSR count). The molecule has 0 spiro atoms. The van der Waals surface area contributed by atoms with Gasteiger partial charge in [-0.1, -0.05) is 33.8 Å². The molecule has 0 amide bonds. The van der Waals surface area contributed by atoms with E-state index in [1.54, 1.807) is 18.5 Å². The highest BCUT2D eigenvalue weighted by atomic mass is 79.9. The maximum atomic E-state index is 6.18. The van der Waals surface area contributed by atoms with E-state index in [9.17, 15) is 0 Å². The molecule has 1 aromatic carbocycles. The van der Waals surface area contributed by atoms with Gasteiger partial charge in [0.2, 0.25) is 11.0 Å². The summed E-state index contributed by atoms with van der Waals surface area (Å²) in [6, 6.07) is 9.74. The van der Waals surface area contributed by atoms with E-state index >= 15 is 0 Å². The van der Waals surface area contributed by atoms with Gasteiger partial charge in [-0.2, -0.15) is 4.98 Å². The lowest BCUT2D eigenvalue weighted by molar-refractivity contribution is 0.225. The number of thioether (sulfide) groups is 1. The lowest BCUT2D eigenvalue weighted by Crippen LogP contribution is -2.17. The van der Waals surface area contributed by atoms with Gasteiger partial charge in [-0.25, -0.2) is 0 Å². The standard InChI is InChI=1S/C18H14BrN5OS/c1-2-9-26-18-22-17-15(23-24-18)13-10-12(19)3-4-14(13)21-16(25-17)11-5-7-20-8-6-11/h2-8,10,16,21H,1,9H2/t16-/m0/s1. The molecule has 130 valence electrons. The highest BCUT2D eigenvalue weighted by Crippen LogP contribution is 2.40. The second-order valence-corrected chi connectivity index (χ2v) is 7.36. The normalized spacial score (nSPS) is 15.0. The molecule has 1 atom stereocenters. The number of hydrogen-bond donors (Lipinski definition) is 1. The molecule has 26 heavy (non-hydrogen) atoms. The molecule has 0 saturated carbocycles. The molecule has 0 aliphatic carbocycles. The van der Waals surface area contributed by atoms with E-state index in [2.05, 4.69) is 48.0 Å². The van der Waals surface area contributed by atoms with E-state index in [4.69, 9.17) is 4.74 Å². The largest absolute Gasteiger partial charge is 0.448 e. The highest BCUT2D eigenvalue weighted by molar-refractivity contribution is 9.10. The lowest BCUT2D eigenvalue weighted by Gasteiger charge is -2.19. The van der Waals surface area contributed by atoms with Gasteiger partial charge in [0.25, 0.3) is 0 Å². The quantitative estimate of drug-likeness (QED) is 0.485. The van der Waals surface area contributed by atoms with Crippen molar-refractivity contribution in [2.24, 2.45) is 0 Å². The molecule has 0 bridgehead atoms. The number of halogens is 1. The molecule has 6 nitrogen and oxygen atoms in total. The number of hydrogen-bond acceptors (Lipinski definition) is 7. The van der Waals surface area contributed by atoms with Crippen LogP contribution in [0.5, 0.6) is 5.88 Å². The molecule has 3 aromatic rings. The van der Waals surface area contributed by atoms with Crippen LogP contribution in [0.4, 0.5) is 5.69 Å². The minimum Gasteiger partial charge on any atom is -0.448 e. The molecule has 2 aromatic heterocycles. The first-order chi connectivity index (χ1) is 12.7. The third kappa shape index (κ3) is 3.42. The van der Waals surface area contributed by atoms with E-state index in [-0.39, 0.29) is 0 Å². The minimum absolute atomic E-state index is 0.409. The van der Waals surface area contributed by atoms with Crippen LogP contribution in [0.15, 0.2) is 65.0 Å². The second kappa shape index (κ2) is 7.43. The summed E-state index contributed by atoms with van der Waals surface area (Å²) in [5.74, 6) is 1.15. The van der Waals surface area contributed by atoms with E-state index in [0.717, 1.165) is 21.3 Å². The Hall–Kier alpha value is -2.45. The van der Waals surface area contributed by atoms with Gasteiger partial charge < -0.3 is 10.1 Å². The molecular formula is C18H14BrN5OS. The summed E-state index contributed by atoms with van der Waals surface area (Å²) in [4.78, 5) is 8.63. The predicted molar refractivity (Wildman–Crippen MR) is 105 cm³/mol. The number of ether oxygens (including phenoxy) is 1. The van der Waals surface area contributed by atoms with Crippen LogP contribution in [0, 0.1) is 0 Å². The van der Waals surface area contributed by atoms with Crippen molar-refractivity contribution in [3.8, 4) is 17.1 Å². The Labute approximate surface area is 163 Å². The first-order valence-corrected chi connectivity index (χ1v) is 9.64. The maximum absolute atomic E-state index is 6.18. The fourth-order valence-electron chi connectivity index (χ4n) is 2.55. The Morgan fingerprint density at radius 3 is 2.88 bits per heavy atom. The fraction of sp³-hybridized carbons (Fsp3) is 0.111. The average Bonchev–Trinajstić information content (AvgIpc) is 2.83. The van der Waals surface area contributed by atoms with Crippen LogP contribution < -0.4 is 10.1 Å². The van der Waals surface area contributed by atoms with Gasteiger partial charge >= 0.3 is 0 Å². The maximum Gasteiger partial charge on any atom is 0.247 e. The molecule has 0 unspecified atom stereocenters. The van der Waals surface area contributed by atoms with Gasteiger partial charge in [0.1, 0.15) is 0 Å². The zero-order valence-corrected chi connectivity index (χ0v) is 16.0. The van der Waals surface area contributed by atoms with E-state index in [0.29, 0.717) is 22.5 Å². The molecule has 3 heterocycles. The molecule has 1 aliphatic rings. The summed E-state index contributed by atoms with van der Waals surface area (Å²) >= 11 is 4.97. The van der Waals surface area contributed by atoms with Crippen LogP contribution in [0.3, 0.4) is 0 Å². The Balaban J connectivity index is 1.83. The summed E-state index contributed by atoms with van der Waals surface area (Å²) in [5.41, 5.74) is 3.33. The van der Waals surface area contributed by atoms with Crippen LogP contribution in [0.25, 0.3) is 11.3 Å². The fourth-order valence-corrected chi connectivity index (χ4v) is 3.43. The van der Waals surface area contributed by atoms with Crippen molar-refractivity contribution < 1.29 is 4.74 Å². The number of pyridine rings is 1. The highest BCUT2D eigenvalue weighted by Gasteiger charge is 2.26. The van der Waals surface area contributed by atoms with Crippen molar-refractivity contribution in [1.29, 1.82) is 0 Å². The number of anilines is 1. The first-order valence-electron chi connectivity index (χ1n) is 7.86. The smallest absolute Gasteiger partial charge is 0.247 e. The Bertz CT molecular complexity index is 954. The summed E-state index contributed by atoms with van der Waals surface area (Å²) in [6.45, 7) is 3.72. The third-order valence-electron chi connectivity index (χ3n) is 3.73. The van der Waals surface area contributed by atoms with E-state index in [1.807, 2.05) is 30.3 Å². The van der Waals surface area contributed by atoms with Crippen molar-refractivity contribution in [1.82, 2.24) is 20.2 Å². The van der Waals surface area contributed by atoms with Crippen molar-refractivity contribution in [2.75, 3.05) is 11.1 Å². The lowest BCUT2D eigenvalue weighted by atomic mass is 10.1. The van der Waals surface area contributed by atoms with Crippen LogP contribution in [-0.4, -0.2) is 25.9 Å². The van der Waals surface area contributed by atoms with Crippen LogP contribution in [0.1, 0.15) is 11.8 Å². The van der Waals surface area contributed by atoms with Gasteiger partial charge in [0.15, 0.2) is 11.9 Å². The van der Waals surface area contributed by atoms with Crippen molar-refractivity contribution in [3.05, 3.63) is 65.4 Å². The summed E-state index contributed by atoms with van der Waals surface area (Å²) in [5, 5.41) is 12.6. The molecule has 1 aliphatic heterocycles. The van der Waals surface area contributed by atoms with Gasteiger partial charge in [0, 0.05) is 39.4 Å². The number of rotatable bonds is 4. The van der Waals surface area contributed by atoms with Crippen LogP contribution in [0.2, 0.25) is 0 Å². The number of nitrogens with one attached hydrogen (secondary N) is 1. The number of nitrogens with zero attached hydrogens (tertiary/aromatic N) is 4. The molecule has 0 fully saturated rings. The van der Waals surface area contributed by atoms with Crippen LogP contribution in [-0.2, 0) is 0 Å². The summed E-state index contributed by atoms with van der Waals surface area (Å²) < 4.78 is 7.12. The van der Waals surface area contributed by atoms with Gasteiger partial charge in [-0.15, -0.1) is 16.8 Å². The monoisotopic (exact) mass is 427 g/mol. The summed E-state index contributed by atoms with van der Waals surface area (Å²) in [7, 11) is 0. The van der Waals surface area contributed by atoms with E-state index < -0.39 is 6.23 Å². The number of benzene rings is 1. The van der Waals surface area contributed by atoms with Crippen molar-refractivity contribution in [3.63, 3.8) is 0 Å².